The molecule has 0 saturated carbocycles. The van der Waals surface area contributed by atoms with Gasteiger partial charge in [-0.3, -0.25) is 19.2 Å². The van der Waals surface area contributed by atoms with E-state index in [1.807, 2.05) is 0 Å². The topological polar surface area (TPSA) is 137 Å². The molecule has 108 valence electrons. The lowest BCUT2D eigenvalue weighted by atomic mass is 10.4. The van der Waals surface area contributed by atoms with Gasteiger partial charge in [-0.15, -0.1) is 0 Å². The van der Waals surface area contributed by atoms with Gasteiger partial charge in [0, 0.05) is 6.54 Å². The lowest BCUT2D eigenvalue weighted by Gasteiger charge is -2.07. The number of carboxylic acid groups (broad SMARTS) is 1. The Morgan fingerprint density at radius 1 is 0.842 bits per heavy atom. The Labute approximate surface area is 110 Å². The van der Waals surface area contributed by atoms with E-state index in [9.17, 15) is 19.2 Å². The van der Waals surface area contributed by atoms with Gasteiger partial charge < -0.3 is 26.4 Å². The van der Waals surface area contributed by atoms with Crippen molar-refractivity contribution in [2.75, 3.05) is 33.2 Å². The van der Waals surface area contributed by atoms with E-state index < -0.39 is 17.8 Å². The first-order chi connectivity index (χ1) is 8.95. The lowest BCUT2D eigenvalue weighted by molar-refractivity contribution is -0.137. The third kappa shape index (κ3) is 10.7. The molecule has 0 aliphatic carbocycles. The molecule has 0 aliphatic heterocycles. The summed E-state index contributed by atoms with van der Waals surface area (Å²) in [7, 11) is 1.60. The Morgan fingerprint density at radius 3 is 1.79 bits per heavy atom. The zero-order chi connectivity index (χ0) is 14.7. The summed E-state index contributed by atoms with van der Waals surface area (Å²) in [6.07, 6.45) is -0.181. The van der Waals surface area contributed by atoms with Crippen LogP contribution in [0.2, 0.25) is 0 Å². The molecule has 19 heavy (non-hydrogen) atoms. The van der Waals surface area contributed by atoms with Crippen molar-refractivity contribution in [3.63, 3.8) is 0 Å². The standard InChI is InChI=1S/C10H18N4O5/c1-11-4-7(15)13-6-9(17)14-5-8(16)12-3-2-10(18)19/h11H,2-6H2,1H3,(H,12,16)(H,13,15)(H,14,17)(H,18,19). The number of likely N-dealkylation sites (N-methyl/N-ethyl adjacent to an activating group) is 1. The van der Waals surface area contributed by atoms with Gasteiger partial charge in [0.2, 0.25) is 17.7 Å². The summed E-state index contributed by atoms with van der Waals surface area (Å²) in [5.41, 5.74) is 0. The van der Waals surface area contributed by atoms with Crippen molar-refractivity contribution < 1.29 is 24.3 Å². The third-order valence-corrected chi connectivity index (χ3v) is 1.89. The molecule has 0 heterocycles. The zero-order valence-electron chi connectivity index (χ0n) is 10.6. The fraction of sp³-hybridized carbons (Fsp3) is 0.600. The van der Waals surface area contributed by atoms with Crippen LogP contribution in [0.4, 0.5) is 0 Å². The van der Waals surface area contributed by atoms with Crippen LogP contribution in [0.1, 0.15) is 6.42 Å². The van der Waals surface area contributed by atoms with Gasteiger partial charge in [-0.05, 0) is 7.05 Å². The monoisotopic (exact) mass is 274 g/mol. The van der Waals surface area contributed by atoms with E-state index in [1.165, 1.54) is 0 Å². The van der Waals surface area contributed by atoms with Crippen LogP contribution in [0.5, 0.6) is 0 Å². The summed E-state index contributed by atoms with van der Waals surface area (Å²) in [5, 5.41) is 17.9. The molecule has 0 spiro atoms. The molecule has 9 nitrogen and oxygen atoms in total. The average Bonchev–Trinajstić information content (AvgIpc) is 2.33. The number of rotatable bonds is 9. The molecule has 3 amide bonds. The first kappa shape index (κ1) is 16.8. The number of hydrogen-bond donors (Lipinski definition) is 5. The maximum absolute atomic E-state index is 11.2. The Morgan fingerprint density at radius 2 is 1.32 bits per heavy atom. The van der Waals surface area contributed by atoms with Crippen LogP contribution in [-0.2, 0) is 19.2 Å². The molecular formula is C10H18N4O5. The summed E-state index contributed by atoms with van der Waals surface area (Å²) < 4.78 is 0. The Balaban J connectivity index is 3.63. The van der Waals surface area contributed by atoms with Gasteiger partial charge in [-0.2, -0.15) is 0 Å². The van der Waals surface area contributed by atoms with E-state index in [-0.39, 0.29) is 38.5 Å². The number of carboxylic acids is 1. The molecule has 0 bridgehead atoms. The highest BCUT2D eigenvalue weighted by molar-refractivity contribution is 5.88. The predicted molar refractivity (Wildman–Crippen MR) is 65.2 cm³/mol. The molecule has 0 saturated heterocycles. The SMILES string of the molecule is CNCC(=O)NCC(=O)NCC(=O)NCCC(=O)O. The third-order valence-electron chi connectivity index (χ3n) is 1.89. The molecule has 0 aromatic rings. The van der Waals surface area contributed by atoms with Gasteiger partial charge in [-0.25, -0.2) is 0 Å². The van der Waals surface area contributed by atoms with Gasteiger partial charge in [0.15, 0.2) is 0 Å². The van der Waals surface area contributed by atoms with Crippen molar-refractivity contribution in [2.24, 2.45) is 0 Å². The van der Waals surface area contributed by atoms with Crippen LogP contribution in [0.3, 0.4) is 0 Å². The molecule has 5 N–H and O–H groups in total. The summed E-state index contributed by atoms with van der Waals surface area (Å²) in [6, 6.07) is 0. The van der Waals surface area contributed by atoms with Crippen molar-refractivity contribution in [3.8, 4) is 0 Å². The quantitative estimate of drug-likeness (QED) is 0.304. The fourth-order valence-electron chi connectivity index (χ4n) is 1.01. The number of hydrogen-bond acceptors (Lipinski definition) is 5. The van der Waals surface area contributed by atoms with E-state index >= 15 is 0 Å². The number of carbonyl (C=O) groups is 4. The number of nitrogens with one attached hydrogen (secondary N) is 4. The van der Waals surface area contributed by atoms with E-state index in [1.54, 1.807) is 7.05 Å². The van der Waals surface area contributed by atoms with Gasteiger partial charge >= 0.3 is 5.97 Å². The Bertz CT molecular complexity index is 345. The van der Waals surface area contributed by atoms with Crippen LogP contribution in [-0.4, -0.2) is 62.0 Å². The molecule has 0 aromatic carbocycles. The number of aliphatic carboxylic acids is 1. The summed E-state index contributed by atoms with van der Waals surface area (Å²) in [6.45, 7) is -0.380. The minimum absolute atomic E-state index is 0.00292. The maximum atomic E-state index is 11.2. The van der Waals surface area contributed by atoms with E-state index in [0.29, 0.717) is 0 Å². The highest BCUT2D eigenvalue weighted by Gasteiger charge is 2.07. The van der Waals surface area contributed by atoms with Crippen LogP contribution in [0, 0.1) is 0 Å². The Kier molecular flexibility index (Phi) is 8.71. The highest BCUT2D eigenvalue weighted by Crippen LogP contribution is 1.75. The molecule has 9 heteroatoms. The summed E-state index contributed by atoms with van der Waals surface area (Å²) in [5.74, 6) is -2.34. The van der Waals surface area contributed by atoms with Gasteiger partial charge in [0.1, 0.15) is 0 Å². The number of amides is 3. The molecular weight excluding hydrogens is 256 g/mol. The molecule has 0 fully saturated rings. The second kappa shape index (κ2) is 9.83. The van der Waals surface area contributed by atoms with Crippen LogP contribution < -0.4 is 21.3 Å². The maximum Gasteiger partial charge on any atom is 0.305 e. The van der Waals surface area contributed by atoms with Crippen molar-refractivity contribution in [1.29, 1.82) is 0 Å². The second-order valence-corrected chi connectivity index (χ2v) is 3.58. The van der Waals surface area contributed by atoms with Gasteiger partial charge in [0.25, 0.3) is 0 Å². The minimum atomic E-state index is -1.02. The van der Waals surface area contributed by atoms with Crippen molar-refractivity contribution in [3.05, 3.63) is 0 Å². The summed E-state index contributed by atoms with van der Waals surface area (Å²) >= 11 is 0. The van der Waals surface area contributed by atoms with Crippen molar-refractivity contribution in [1.82, 2.24) is 21.3 Å². The largest absolute Gasteiger partial charge is 0.481 e. The smallest absolute Gasteiger partial charge is 0.305 e. The lowest BCUT2D eigenvalue weighted by Crippen LogP contribution is -2.43. The second-order valence-electron chi connectivity index (χ2n) is 3.58. The van der Waals surface area contributed by atoms with Gasteiger partial charge in [-0.1, -0.05) is 0 Å². The Hall–Kier alpha value is -2.16. The fourth-order valence-corrected chi connectivity index (χ4v) is 1.01. The molecule has 0 unspecified atom stereocenters. The molecule has 0 radical (unpaired) electrons. The van der Waals surface area contributed by atoms with Crippen LogP contribution in [0.15, 0.2) is 0 Å². The first-order valence-electron chi connectivity index (χ1n) is 5.62. The molecule has 0 aromatic heterocycles. The molecule has 0 atom stereocenters. The predicted octanol–water partition coefficient (Wildman–Crippen LogP) is -2.97. The van der Waals surface area contributed by atoms with E-state index in [2.05, 4.69) is 21.3 Å². The zero-order valence-corrected chi connectivity index (χ0v) is 10.6. The van der Waals surface area contributed by atoms with E-state index in [0.717, 1.165) is 0 Å². The number of carbonyl (C=O) groups excluding carboxylic acids is 3. The summed E-state index contributed by atoms with van der Waals surface area (Å²) in [4.78, 5) is 43.6. The minimum Gasteiger partial charge on any atom is -0.481 e. The highest BCUT2D eigenvalue weighted by atomic mass is 16.4. The molecule has 0 aliphatic rings. The first-order valence-corrected chi connectivity index (χ1v) is 5.62. The van der Waals surface area contributed by atoms with Gasteiger partial charge in [0.05, 0.1) is 26.1 Å². The van der Waals surface area contributed by atoms with Crippen molar-refractivity contribution >= 4 is 23.7 Å². The average molecular weight is 274 g/mol. The molecule has 0 rings (SSSR count). The van der Waals surface area contributed by atoms with E-state index in [4.69, 9.17) is 5.11 Å². The van der Waals surface area contributed by atoms with Crippen molar-refractivity contribution in [2.45, 2.75) is 6.42 Å². The van der Waals surface area contributed by atoms with Crippen LogP contribution in [0.25, 0.3) is 0 Å². The van der Waals surface area contributed by atoms with Crippen LogP contribution >= 0.6 is 0 Å². The normalized spacial score (nSPS) is 9.53.